The Morgan fingerprint density at radius 3 is 2.53 bits per heavy atom. The van der Waals surface area contributed by atoms with E-state index in [1.165, 1.54) is 16.7 Å². The van der Waals surface area contributed by atoms with Crippen molar-refractivity contribution in [3.8, 4) is 0 Å². The molecule has 2 heteroatoms. The number of rotatable bonds is 2. The van der Waals surface area contributed by atoms with Crippen molar-refractivity contribution in [1.82, 2.24) is 0 Å². The molecule has 0 unspecified atom stereocenters. The van der Waals surface area contributed by atoms with Crippen LogP contribution in [0.5, 0.6) is 0 Å². The number of hydrogen-bond donors (Lipinski definition) is 2. The van der Waals surface area contributed by atoms with Gasteiger partial charge in [-0.1, -0.05) is 19.1 Å². The highest BCUT2D eigenvalue weighted by atomic mass is 16.3. The summed E-state index contributed by atoms with van der Waals surface area (Å²) in [4.78, 5) is 0. The van der Waals surface area contributed by atoms with E-state index in [0.29, 0.717) is 0 Å². The van der Waals surface area contributed by atoms with E-state index in [4.69, 9.17) is 5.73 Å². The molecule has 0 radical (unpaired) electrons. The summed E-state index contributed by atoms with van der Waals surface area (Å²) in [7, 11) is 0. The van der Waals surface area contributed by atoms with Crippen LogP contribution >= 0.6 is 0 Å². The highest BCUT2D eigenvalue weighted by Crippen LogP contribution is 2.28. The topological polar surface area (TPSA) is 46.2 Å². The summed E-state index contributed by atoms with van der Waals surface area (Å²) in [6.45, 7) is 3.96. The van der Waals surface area contributed by atoms with E-state index in [9.17, 15) is 5.11 Å². The molecule has 82 valence electrons. The fourth-order valence-corrected chi connectivity index (χ4v) is 2.47. The molecule has 0 saturated carbocycles. The van der Waals surface area contributed by atoms with Gasteiger partial charge in [-0.2, -0.15) is 0 Å². The van der Waals surface area contributed by atoms with Crippen LogP contribution in [-0.2, 0) is 19.3 Å². The smallest absolute Gasteiger partial charge is 0.0764 e. The molecular formula is C13H19NO. The Bertz CT molecular complexity index is 371. The molecule has 2 rings (SSSR count). The lowest BCUT2D eigenvalue weighted by molar-refractivity contribution is 0.198. The average molecular weight is 205 g/mol. The Balaban J connectivity index is 2.46. The minimum Gasteiger partial charge on any atom is -0.389 e. The van der Waals surface area contributed by atoms with Crippen LogP contribution < -0.4 is 5.73 Å². The van der Waals surface area contributed by atoms with E-state index in [1.54, 1.807) is 0 Å². The first-order valence-electron chi connectivity index (χ1n) is 5.70. The second-order valence-electron chi connectivity index (χ2n) is 4.52. The summed E-state index contributed by atoms with van der Waals surface area (Å²) >= 11 is 0. The Kier molecular flexibility index (Phi) is 2.81. The maximum atomic E-state index is 9.70. The highest BCUT2D eigenvalue weighted by Gasteiger charge is 2.20. The molecule has 0 heterocycles. The Morgan fingerprint density at radius 2 is 2.00 bits per heavy atom. The van der Waals surface area contributed by atoms with E-state index >= 15 is 0 Å². The maximum Gasteiger partial charge on any atom is 0.0764 e. The molecule has 0 amide bonds. The molecular weight excluding hydrogens is 186 g/mol. The standard InChI is InChI=1S/C13H19NO/c1-3-9-4-10-5-12(14)6-11(10)7-13(9)8(2)15/h4,7-8,12,15H,3,5-6,14H2,1-2H3/t8-,12+/m1/s1. The lowest BCUT2D eigenvalue weighted by Gasteiger charge is -2.13. The molecule has 0 fully saturated rings. The third kappa shape index (κ3) is 1.92. The molecule has 0 saturated heterocycles. The lowest BCUT2D eigenvalue weighted by atomic mass is 9.95. The zero-order chi connectivity index (χ0) is 11.0. The van der Waals surface area contributed by atoms with Gasteiger partial charge >= 0.3 is 0 Å². The van der Waals surface area contributed by atoms with Crippen molar-refractivity contribution < 1.29 is 5.11 Å². The molecule has 1 aromatic rings. The molecule has 1 aromatic carbocycles. The van der Waals surface area contributed by atoms with Gasteiger partial charge in [-0.15, -0.1) is 0 Å². The second kappa shape index (κ2) is 3.95. The normalized spacial score (nSPS) is 21.5. The molecule has 15 heavy (non-hydrogen) atoms. The van der Waals surface area contributed by atoms with Crippen LogP contribution in [0.25, 0.3) is 0 Å². The van der Waals surface area contributed by atoms with Crippen molar-refractivity contribution in [2.24, 2.45) is 5.73 Å². The molecule has 3 N–H and O–H groups in total. The fourth-order valence-electron chi connectivity index (χ4n) is 2.47. The Morgan fingerprint density at radius 1 is 1.40 bits per heavy atom. The average Bonchev–Trinajstić information content (AvgIpc) is 2.54. The Hall–Kier alpha value is -0.860. The summed E-state index contributed by atoms with van der Waals surface area (Å²) < 4.78 is 0. The van der Waals surface area contributed by atoms with Gasteiger partial charge in [0, 0.05) is 6.04 Å². The quantitative estimate of drug-likeness (QED) is 0.772. The summed E-state index contributed by atoms with van der Waals surface area (Å²) in [5, 5.41) is 9.70. The van der Waals surface area contributed by atoms with E-state index in [1.807, 2.05) is 6.92 Å². The van der Waals surface area contributed by atoms with Crippen LogP contribution in [0.4, 0.5) is 0 Å². The van der Waals surface area contributed by atoms with Gasteiger partial charge in [0.2, 0.25) is 0 Å². The van der Waals surface area contributed by atoms with Gasteiger partial charge < -0.3 is 10.8 Å². The number of hydrogen-bond acceptors (Lipinski definition) is 2. The maximum absolute atomic E-state index is 9.70. The number of fused-ring (bicyclic) bond motifs is 1. The number of aliphatic hydroxyl groups excluding tert-OH is 1. The van der Waals surface area contributed by atoms with Crippen LogP contribution in [0.3, 0.4) is 0 Å². The molecule has 2 atom stereocenters. The zero-order valence-electron chi connectivity index (χ0n) is 9.46. The van der Waals surface area contributed by atoms with Gasteiger partial charge in [0.05, 0.1) is 6.10 Å². The predicted octanol–water partition coefficient (Wildman–Crippen LogP) is 1.73. The van der Waals surface area contributed by atoms with Crippen molar-refractivity contribution in [1.29, 1.82) is 0 Å². The molecule has 1 aliphatic carbocycles. The van der Waals surface area contributed by atoms with Crippen molar-refractivity contribution in [3.63, 3.8) is 0 Å². The molecule has 0 aromatic heterocycles. The summed E-state index contributed by atoms with van der Waals surface area (Å²) in [6, 6.07) is 4.64. The third-order valence-corrected chi connectivity index (χ3v) is 3.26. The zero-order valence-corrected chi connectivity index (χ0v) is 9.46. The fraction of sp³-hybridized carbons (Fsp3) is 0.538. The molecule has 1 aliphatic rings. The van der Waals surface area contributed by atoms with Gasteiger partial charge in [-0.25, -0.2) is 0 Å². The minimum atomic E-state index is -0.373. The van der Waals surface area contributed by atoms with E-state index in [-0.39, 0.29) is 12.1 Å². The van der Waals surface area contributed by atoms with Crippen LogP contribution in [0.1, 0.15) is 42.2 Å². The molecule has 0 bridgehead atoms. The first-order valence-corrected chi connectivity index (χ1v) is 5.70. The summed E-state index contributed by atoms with van der Waals surface area (Å²) in [5.74, 6) is 0. The van der Waals surface area contributed by atoms with Crippen LogP contribution in [0.2, 0.25) is 0 Å². The number of aryl methyl sites for hydroxylation is 1. The molecule has 0 spiro atoms. The predicted molar refractivity (Wildman–Crippen MR) is 61.8 cm³/mol. The van der Waals surface area contributed by atoms with Gasteiger partial charge in [-0.05, 0) is 48.4 Å². The number of aliphatic hydroxyl groups is 1. The van der Waals surface area contributed by atoms with Crippen LogP contribution in [0, 0.1) is 0 Å². The lowest BCUT2D eigenvalue weighted by Crippen LogP contribution is -2.19. The highest BCUT2D eigenvalue weighted by molar-refractivity contribution is 5.43. The minimum absolute atomic E-state index is 0.272. The van der Waals surface area contributed by atoms with Crippen molar-refractivity contribution in [2.75, 3.05) is 0 Å². The van der Waals surface area contributed by atoms with Gasteiger partial charge in [0.1, 0.15) is 0 Å². The monoisotopic (exact) mass is 205 g/mol. The Labute approximate surface area is 91.1 Å². The van der Waals surface area contributed by atoms with Crippen LogP contribution in [0.15, 0.2) is 12.1 Å². The van der Waals surface area contributed by atoms with Crippen molar-refractivity contribution in [3.05, 3.63) is 34.4 Å². The summed E-state index contributed by atoms with van der Waals surface area (Å²) in [6.07, 6.45) is 2.55. The van der Waals surface area contributed by atoms with Crippen molar-refractivity contribution >= 4 is 0 Å². The van der Waals surface area contributed by atoms with E-state index < -0.39 is 0 Å². The molecule has 2 nitrogen and oxygen atoms in total. The van der Waals surface area contributed by atoms with Gasteiger partial charge in [0.15, 0.2) is 0 Å². The number of benzene rings is 1. The van der Waals surface area contributed by atoms with Gasteiger partial charge in [0.25, 0.3) is 0 Å². The second-order valence-corrected chi connectivity index (χ2v) is 4.52. The van der Waals surface area contributed by atoms with Crippen molar-refractivity contribution in [2.45, 2.75) is 45.3 Å². The summed E-state index contributed by atoms with van der Waals surface area (Å²) in [5.41, 5.74) is 11.0. The van der Waals surface area contributed by atoms with E-state index in [0.717, 1.165) is 24.8 Å². The van der Waals surface area contributed by atoms with Gasteiger partial charge in [-0.3, -0.25) is 0 Å². The SMILES string of the molecule is CCc1cc2c(cc1[C@@H](C)O)C[C@@H](N)C2. The number of nitrogens with two attached hydrogens (primary N) is 1. The molecule has 0 aliphatic heterocycles. The first kappa shape index (κ1) is 10.7. The largest absolute Gasteiger partial charge is 0.389 e. The van der Waals surface area contributed by atoms with Crippen LogP contribution in [-0.4, -0.2) is 11.1 Å². The van der Waals surface area contributed by atoms with E-state index in [2.05, 4.69) is 19.1 Å². The third-order valence-electron chi connectivity index (χ3n) is 3.26. The first-order chi connectivity index (χ1) is 7.11.